The number of likely N-dealkylation sites (N-methyl/N-ethyl adjacent to an activating group) is 1. The predicted octanol–water partition coefficient (Wildman–Crippen LogP) is 0.475. The molecule has 0 radical (unpaired) electrons. The minimum atomic E-state index is -1.02. The Bertz CT molecular complexity index is 632. The Morgan fingerprint density at radius 2 is 1.91 bits per heavy atom. The molecule has 1 aromatic rings. The summed E-state index contributed by atoms with van der Waals surface area (Å²) in [4.78, 5) is 27.2. The predicted molar refractivity (Wildman–Crippen MR) is 79.0 cm³/mol. The first-order valence-corrected chi connectivity index (χ1v) is 7.56. The van der Waals surface area contributed by atoms with E-state index in [2.05, 4.69) is 0 Å². The first-order valence-electron chi connectivity index (χ1n) is 7.56. The summed E-state index contributed by atoms with van der Waals surface area (Å²) in [6.45, 7) is 0.502. The lowest BCUT2D eigenvalue weighted by Gasteiger charge is -2.39. The van der Waals surface area contributed by atoms with Crippen molar-refractivity contribution in [2.24, 2.45) is 5.92 Å². The summed E-state index contributed by atoms with van der Waals surface area (Å²) >= 11 is 0. The highest BCUT2D eigenvalue weighted by atomic mass is 19.1. The van der Waals surface area contributed by atoms with E-state index in [4.69, 9.17) is 0 Å². The number of carboxylic acid groups (broad SMARTS) is 1. The summed E-state index contributed by atoms with van der Waals surface area (Å²) in [5, 5.41) is 18.7. The molecule has 2 aliphatic heterocycles. The number of rotatable bonds is 3. The number of amides is 1. The van der Waals surface area contributed by atoms with Gasteiger partial charge < -0.3 is 15.1 Å². The topological polar surface area (TPSA) is 81.1 Å². The number of halogens is 1. The molecule has 0 saturated carbocycles. The lowest BCUT2D eigenvalue weighted by Crippen LogP contribution is -2.55. The van der Waals surface area contributed by atoms with Crippen molar-refractivity contribution >= 4 is 11.9 Å². The third kappa shape index (κ3) is 2.70. The Kier molecular flexibility index (Phi) is 4.08. The van der Waals surface area contributed by atoms with Crippen LogP contribution < -0.4 is 0 Å². The summed E-state index contributed by atoms with van der Waals surface area (Å²) in [7, 11) is 1.61. The summed E-state index contributed by atoms with van der Waals surface area (Å²) in [5.41, 5.74) is 0.332. The van der Waals surface area contributed by atoms with E-state index in [1.807, 2.05) is 0 Å². The van der Waals surface area contributed by atoms with Crippen LogP contribution in [-0.4, -0.2) is 64.2 Å². The molecular formula is C16H19FN2O4. The van der Waals surface area contributed by atoms with Crippen LogP contribution in [0.1, 0.15) is 18.0 Å². The molecule has 2 N–H and O–H groups in total. The van der Waals surface area contributed by atoms with Crippen molar-refractivity contribution < 1.29 is 24.2 Å². The molecule has 0 aromatic heterocycles. The standard InChI is InChI=1S/C16H19FN2O4/c1-18-13(16(22)23)6-11(15(21)19-7-9(20)8-19)14(18)10-4-2-3-5-12(10)17/h2-5,9,11,13-14,20H,6-8H2,1H3,(H,22,23)/t11-,13-,14-/m0/s1. The van der Waals surface area contributed by atoms with Gasteiger partial charge in [-0.15, -0.1) is 0 Å². The van der Waals surface area contributed by atoms with Gasteiger partial charge in [0.05, 0.1) is 12.0 Å². The Labute approximate surface area is 133 Å². The zero-order valence-corrected chi connectivity index (χ0v) is 12.7. The fraction of sp³-hybridized carbons (Fsp3) is 0.500. The van der Waals surface area contributed by atoms with Crippen LogP contribution in [0.15, 0.2) is 24.3 Å². The van der Waals surface area contributed by atoms with E-state index in [0.29, 0.717) is 5.56 Å². The van der Waals surface area contributed by atoms with Gasteiger partial charge in [-0.25, -0.2) is 4.39 Å². The van der Waals surface area contributed by atoms with Crippen LogP contribution in [0.2, 0.25) is 0 Å². The maximum atomic E-state index is 14.2. The van der Waals surface area contributed by atoms with Gasteiger partial charge in [0.25, 0.3) is 0 Å². The normalized spacial score (nSPS) is 28.7. The third-order valence-electron chi connectivity index (χ3n) is 4.79. The van der Waals surface area contributed by atoms with E-state index in [9.17, 15) is 24.2 Å². The van der Waals surface area contributed by atoms with Gasteiger partial charge >= 0.3 is 5.97 Å². The smallest absolute Gasteiger partial charge is 0.320 e. The fourth-order valence-corrected chi connectivity index (χ4v) is 3.55. The molecule has 0 bridgehead atoms. The summed E-state index contributed by atoms with van der Waals surface area (Å²) in [5.74, 6) is -2.32. The van der Waals surface area contributed by atoms with Crippen LogP contribution in [0, 0.1) is 11.7 Å². The van der Waals surface area contributed by atoms with E-state index in [1.54, 1.807) is 30.1 Å². The van der Waals surface area contributed by atoms with E-state index in [1.165, 1.54) is 11.0 Å². The van der Waals surface area contributed by atoms with Crippen molar-refractivity contribution in [3.05, 3.63) is 35.6 Å². The molecule has 23 heavy (non-hydrogen) atoms. The van der Waals surface area contributed by atoms with Crippen LogP contribution in [0.25, 0.3) is 0 Å². The molecule has 3 rings (SSSR count). The molecule has 1 aromatic carbocycles. The highest BCUT2D eigenvalue weighted by Gasteiger charge is 2.49. The zero-order valence-electron chi connectivity index (χ0n) is 12.7. The number of aliphatic hydroxyl groups excluding tert-OH is 1. The maximum Gasteiger partial charge on any atom is 0.320 e. The van der Waals surface area contributed by atoms with Crippen LogP contribution in [0.4, 0.5) is 4.39 Å². The zero-order chi connectivity index (χ0) is 16.7. The molecule has 0 spiro atoms. The van der Waals surface area contributed by atoms with E-state index < -0.39 is 35.9 Å². The average Bonchev–Trinajstić information content (AvgIpc) is 2.81. The number of carbonyl (C=O) groups is 2. The summed E-state index contributed by atoms with van der Waals surface area (Å²) in [6.07, 6.45) is -0.392. The van der Waals surface area contributed by atoms with Crippen LogP contribution in [-0.2, 0) is 9.59 Å². The molecule has 2 aliphatic rings. The molecule has 2 saturated heterocycles. The van der Waals surface area contributed by atoms with Gasteiger partial charge in [0.15, 0.2) is 0 Å². The van der Waals surface area contributed by atoms with Gasteiger partial charge in [-0.2, -0.15) is 0 Å². The molecule has 7 heteroatoms. The van der Waals surface area contributed by atoms with Gasteiger partial charge in [0.1, 0.15) is 11.9 Å². The molecule has 2 fully saturated rings. The van der Waals surface area contributed by atoms with Gasteiger partial charge in [-0.3, -0.25) is 14.5 Å². The van der Waals surface area contributed by atoms with E-state index >= 15 is 0 Å². The van der Waals surface area contributed by atoms with Crippen molar-refractivity contribution in [2.45, 2.75) is 24.6 Å². The quantitative estimate of drug-likeness (QED) is 0.846. The molecule has 0 unspecified atom stereocenters. The highest BCUT2D eigenvalue weighted by Crippen LogP contribution is 2.42. The molecule has 6 nitrogen and oxygen atoms in total. The van der Waals surface area contributed by atoms with Gasteiger partial charge in [-0.05, 0) is 19.5 Å². The number of carbonyl (C=O) groups excluding carboxylic acids is 1. The molecule has 124 valence electrons. The average molecular weight is 322 g/mol. The second-order valence-electron chi connectivity index (χ2n) is 6.23. The number of hydrogen-bond acceptors (Lipinski definition) is 4. The van der Waals surface area contributed by atoms with Crippen LogP contribution in [0.5, 0.6) is 0 Å². The van der Waals surface area contributed by atoms with Crippen molar-refractivity contribution in [2.75, 3.05) is 20.1 Å². The van der Waals surface area contributed by atoms with Crippen molar-refractivity contribution in [1.82, 2.24) is 9.80 Å². The number of benzene rings is 1. The largest absolute Gasteiger partial charge is 0.480 e. The van der Waals surface area contributed by atoms with Crippen LogP contribution >= 0.6 is 0 Å². The maximum absolute atomic E-state index is 14.2. The van der Waals surface area contributed by atoms with Gasteiger partial charge in [-0.1, -0.05) is 18.2 Å². The highest BCUT2D eigenvalue weighted by molar-refractivity contribution is 5.83. The van der Waals surface area contributed by atoms with E-state index in [-0.39, 0.29) is 25.4 Å². The Morgan fingerprint density at radius 1 is 1.26 bits per heavy atom. The van der Waals surface area contributed by atoms with Gasteiger partial charge in [0.2, 0.25) is 5.91 Å². The number of likely N-dealkylation sites (tertiary alicyclic amines) is 2. The Hall–Kier alpha value is -1.99. The number of nitrogens with zero attached hydrogens (tertiary/aromatic N) is 2. The Morgan fingerprint density at radius 3 is 2.48 bits per heavy atom. The monoisotopic (exact) mass is 322 g/mol. The van der Waals surface area contributed by atoms with Crippen molar-refractivity contribution in [3.63, 3.8) is 0 Å². The van der Waals surface area contributed by atoms with E-state index in [0.717, 1.165) is 0 Å². The van der Waals surface area contributed by atoms with Gasteiger partial charge in [0, 0.05) is 24.7 Å². The molecule has 3 atom stereocenters. The minimum Gasteiger partial charge on any atom is -0.480 e. The minimum absolute atomic E-state index is 0.135. The second kappa shape index (κ2) is 5.90. The number of hydrogen-bond donors (Lipinski definition) is 2. The van der Waals surface area contributed by atoms with Crippen molar-refractivity contribution in [1.29, 1.82) is 0 Å². The summed E-state index contributed by atoms with van der Waals surface area (Å²) in [6, 6.07) is 4.68. The molecule has 2 heterocycles. The molecule has 1 amide bonds. The number of carboxylic acids is 1. The lowest BCUT2D eigenvalue weighted by molar-refractivity contribution is -0.146. The number of β-amino-alcohol motifs (C(OH)–C–C–N with tert-alkyl or cyclic N) is 1. The number of aliphatic hydroxyl groups is 1. The van der Waals surface area contributed by atoms with Crippen LogP contribution in [0.3, 0.4) is 0 Å². The Balaban J connectivity index is 1.93. The van der Waals surface area contributed by atoms with Crippen molar-refractivity contribution in [3.8, 4) is 0 Å². The number of aliphatic carboxylic acids is 1. The fourth-order valence-electron chi connectivity index (χ4n) is 3.55. The SMILES string of the molecule is CN1[C@H](C(=O)O)C[C@H](C(=O)N2CC(O)C2)[C@@H]1c1ccccc1F. The second-order valence-corrected chi connectivity index (χ2v) is 6.23. The first kappa shape index (κ1) is 15.9. The third-order valence-corrected chi connectivity index (χ3v) is 4.79. The first-order chi connectivity index (χ1) is 10.9. The summed E-state index contributed by atoms with van der Waals surface area (Å²) < 4.78 is 14.2. The molecule has 0 aliphatic carbocycles. The lowest BCUT2D eigenvalue weighted by atomic mass is 9.90. The molecular weight excluding hydrogens is 303 g/mol.